The van der Waals surface area contributed by atoms with Crippen LogP contribution >= 0.6 is 11.6 Å². The van der Waals surface area contributed by atoms with E-state index in [4.69, 9.17) is 11.6 Å². The van der Waals surface area contributed by atoms with Gasteiger partial charge in [-0.3, -0.25) is 0 Å². The number of halogens is 1. The Hall–Kier alpha value is 0.290. The molecule has 2 aliphatic carbocycles. The molecule has 0 nitrogen and oxygen atoms in total. The maximum Gasteiger partial charge on any atom is 0.0903 e. The van der Waals surface area contributed by atoms with Gasteiger partial charge in [0.25, 0.3) is 0 Å². The summed E-state index contributed by atoms with van der Waals surface area (Å²) < 4.78 is 0. The van der Waals surface area contributed by atoms with Gasteiger partial charge in [-0.1, -0.05) is 0 Å². The predicted molar refractivity (Wildman–Crippen MR) is 28.9 cm³/mol. The Kier molecular flexibility index (Phi) is 0.597. The van der Waals surface area contributed by atoms with Crippen LogP contribution in [-0.2, 0) is 0 Å². The van der Waals surface area contributed by atoms with Crippen molar-refractivity contribution in [3.63, 3.8) is 0 Å². The largest absolute Gasteiger partial charge is 0.115 e. The van der Waals surface area contributed by atoms with E-state index in [0.717, 1.165) is 5.41 Å². The first kappa shape index (κ1) is 4.20. The molecular weight excluding hydrogens is 108 g/mol. The second-order valence-corrected chi connectivity index (χ2v) is 2.95. The lowest BCUT2D eigenvalue weighted by Crippen LogP contribution is -1.71. The average molecular weight is 115 g/mol. The fraction of sp³-hybridized carbons (Fsp3) is 0.833. The van der Waals surface area contributed by atoms with E-state index in [1.54, 1.807) is 0 Å². The van der Waals surface area contributed by atoms with Gasteiger partial charge < -0.3 is 0 Å². The molecular formula is C6H7Cl. The van der Waals surface area contributed by atoms with Gasteiger partial charge in [0.2, 0.25) is 0 Å². The van der Waals surface area contributed by atoms with Gasteiger partial charge in [0, 0.05) is 0 Å². The highest BCUT2D eigenvalue weighted by Gasteiger charge is 2.62. The Balaban J connectivity index is 1.97. The molecule has 2 aliphatic rings. The lowest BCUT2D eigenvalue weighted by atomic mass is 10.3. The molecule has 2 radical (unpaired) electrons. The van der Waals surface area contributed by atoms with Gasteiger partial charge in [-0.2, -0.15) is 0 Å². The summed E-state index contributed by atoms with van der Waals surface area (Å²) in [5, 5.41) is 0. The summed E-state index contributed by atoms with van der Waals surface area (Å²) in [4.78, 5) is 0. The van der Waals surface area contributed by atoms with E-state index in [0.29, 0.717) is 5.92 Å². The van der Waals surface area contributed by atoms with E-state index < -0.39 is 0 Å². The van der Waals surface area contributed by atoms with Crippen LogP contribution in [-0.4, -0.2) is 0 Å². The maximum atomic E-state index is 5.37. The van der Waals surface area contributed by atoms with Crippen molar-refractivity contribution in [3.8, 4) is 0 Å². The van der Waals surface area contributed by atoms with E-state index in [-0.39, 0.29) is 0 Å². The molecule has 0 amide bonds. The molecule has 2 saturated carbocycles. The highest BCUT2D eigenvalue weighted by molar-refractivity contribution is 6.23. The SMILES string of the molecule is Cl[C]C1CC12CC2. The van der Waals surface area contributed by atoms with Gasteiger partial charge in [-0.25, -0.2) is 0 Å². The van der Waals surface area contributed by atoms with Gasteiger partial charge in [-0.05, 0) is 30.6 Å². The summed E-state index contributed by atoms with van der Waals surface area (Å²) in [5.74, 6) is 3.44. The predicted octanol–water partition coefficient (Wildman–Crippen LogP) is 2.06. The van der Waals surface area contributed by atoms with Crippen molar-refractivity contribution in [2.75, 3.05) is 0 Å². The molecule has 1 spiro atoms. The van der Waals surface area contributed by atoms with Gasteiger partial charge in [-0.15, -0.1) is 11.6 Å². The second-order valence-electron chi connectivity index (χ2n) is 2.73. The smallest absolute Gasteiger partial charge is 0.0903 e. The lowest BCUT2D eigenvalue weighted by Gasteiger charge is -1.78. The fourth-order valence-corrected chi connectivity index (χ4v) is 1.52. The summed E-state index contributed by atoms with van der Waals surface area (Å²) in [6.45, 7) is 0. The molecule has 2 rings (SSSR count). The topological polar surface area (TPSA) is 0 Å². The minimum Gasteiger partial charge on any atom is -0.115 e. The van der Waals surface area contributed by atoms with Crippen LogP contribution in [0.25, 0.3) is 0 Å². The molecule has 0 aromatic heterocycles. The van der Waals surface area contributed by atoms with E-state index in [1.165, 1.54) is 19.3 Å². The quantitative estimate of drug-likeness (QED) is 0.490. The van der Waals surface area contributed by atoms with E-state index in [2.05, 4.69) is 5.88 Å². The molecule has 38 valence electrons. The first-order valence-electron chi connectivity index (χ1n) is 2.74. The lowest BCUT2D eigenvalue weighted by molar-refractivity contribution is 0.812. The van der Waals surface area contributed by atoms with Crippen LogP contribution in [0.4, 0.5) is 0 Å². The van der Waals surface area contributed by atoms with E-state index >= 15 is 0 Å². The average Bonchev–Trinajstić information content (AvgIpc) is 2.52. The summed E-state index contributed by atoms with van der Waals surface area (Å²) >= 11 is 5.37. The number of hydrogen-bond acceptors (Lipinski definition) is 0. The first-order chi connectivity index (χ1) is 3.37. The van der Waals surface area contributed by atoms with Crippen molar-refractivity contribution < 1.29 is 0 Å². The summed E-state index contributed by atoms with van der Waals surface area (Å²) in [6, 6.07) is 0. The zero-order valence-corrected chi connectivity index (χ0v) is 4.83. The number of rotatable bonds is 1. The molecule has 1 heteroatoms. The Morgan fingerprint density at radius 3 is 2.43 bits per heavy atom. The van der Waals surface area contributed by atoms with Crippen LogP contribution in [0.15, 0.2) is 0 Å². The standard InChI is InChI=1S/C6H7Cl/c7-4-5-3-6(5)1-2-6/h5H,1-3H2. The third-order valence-corrected chi connectivity index (χ3v) is 2.48. The third kappa shape index (κ3) is 0.436. The minimum absolute atomic E-state index is 0.675. The molecule has 1 atom stereocenters. The second kappa shape index (κ2) is 0.997. The highest BCUT2D eigenvalue weighted by Crippen LogP contribution is 2.71. The van der Waals surface area contributed by atoms with E-state index in [1.807, 2.05) is 0 Å². The van der Waals surface area contributed by atoms with Crippen LogP contribution in [0.1, 0.15) is 19.3 Å². The van der Waals surface area contributed by atoms with Crippen LogP contribution < -0.4 is 0 Å². The fourth-order valence-electron chi connectivity index (χ4n) is 1.22. The molecule has 0 aromatic carbocycles. The molecule has 2 fully saturated rings. The monoisotopic (exact) mass is 114 g/mol. The van der Waals surface area contributed by atoms with Crippen LogP contribution in [0, 0.1) is 17.2 Å². The van der Waals surface area contributed by atoms with Crippen LogP contribution in [0.2, 0.25) is 0 Å². The molecule has 7 heavy (non-hydrogen) atoms. The van der Waals surface area contributed by atoms with Gasteiger partial charge in [0.05, 0.1) is 5.88 Å². The minimum atomic E-state index is 0.675. The molecule has 1 unspecified atom stereocenters. The summed E-state index contributed by atoms with van der Waals surface area (Å²) in [6.07, 6.45) is 4.16. The van der Waals surface area contributed by atoms with Crippen molar-refractivity contribution in [1.82, 2.24) is 0 Å². The Morgan fingerprint density at radius 2 is 2.29 bits per heavy atom. The molecule has 0 aliphatic heterocycles. The molecule has 0 bridgehead atoms. The zero-order chi connectivity index (χ0) is 4.91. The normalized spacial score (nSPS) is 41.6. The molecule has 0 heterocycles. The van der Waals surface area contributed by atoms with Gasteiger partial charge in [0.1, 0.15) is 0 Å². The Bertz CT molecular complexity index is 94.4. The van der Waals surface area contributed by atoms with Crippen LogP contribution in [0.3, 0.4) is 0 Å². The van der Waals surface area contributed by atoms with Crippen molar-refractivity contribution in [3.05, 3.63) is 5.88 Å². The molecule has 0 N–H and O–H groups in total. The van der Waals surface area contributed by atoms with Crippen molar-refractivity contribution in [2.24, 2.45) is 11.3 Å². The van der Waals surface area contributed by atoms with E-state index in [9.17, 15) is 0 Å². The van der Waals surface area contributed by atoms with Crippen molar-refractivity contribution >= 4 is 11.6 Å². The maximum absolute atomic E-state index is 5.37. The molecule has 0 saturated heterocycles. The van der Waals surface area contributed by atoms with Gasteiger partial charge in [0.15, 0.2) is 0 Å². The summed E-state index contributed by atoms with van der Waals surface area (Å²) in [7, 11) is 0. The molecule has 0 aromatic rings. The van der Waals surface area contributed by atoms with Crippen LogP contribution in [0.5, 0.6) is 0 Å². The first-order valence-corrected chi connectivity index (χ1v) is 3.11. The third-order valence-electron chi connectivity index (χ3n) is 2.21. The zero-order valence-electron chi connectivity index (χ0n) is 4.08. The number of hydrogen-bond donors (Lipinski definition) is 0. The Labute approximate surface area is 48.9 Å². The van der Waals surface area contributed by atoms with Gasteiger partial charge >= 0.3 is 0 Å². The Morgan fingerprint density at radius 1 is 1.57 bits per heavy atom. The summed E-state index contributed by atoms with van der Waals surface area (Å²) in [5.41, 5.74) is 0.724. The van der Waals surface area contributed by atoms with Crippen molar-refractivity contribution in [2.45, 2.75) is 19.3 Å². The van der Waals surface area contributed by atoms with Crippen molar-refractivity contribution in [1.29, 1.82) is 0 Å². The highest BCUT2D eigenvalue weighted by atomic mass is 35.5.